The first kappa shape index (κ1) is 24.1. The van der Waals surface area contributed by atoms with Gasteiger partial charge in [0.05, 0.1) is 6.04 Å². The van der Waals surface area contributed by atoms with Crippen molar-refractivity contribution in [2.75, 3.05) is 13.2 Å². The van der Waals surface area contributed by atoms with Crippen LogP contribution in [-0.4, -0.2) is 69.2 Å². The predicted octanol–water partition coefficient (Wildman–Crippen LogP) is 3.08. The summed E-state index contributed by atoms with van der Waals surface area (Å²) in [5.74, 6) is -0.408. The summed E-state index contributed by atoms with van der Waals surface area (Å²) in [6, 6.07) is 12.8. The number of phenolic OH excluding ortho intramolecular Hbond substituents is 1. The lowest BCUT2D eigenvalue weighted by Gasteiger charge is -2.54. The predicted molar refractivity (Wildman–Crippen MR) is 135 cm³/mol. The number of hydroxylamine groups is 2. The van der Waals surface area contributed by atoms with E-state index in [1.54, 1.807) is 47.4 Å². The lowest BCUT2D eigenvalue weighted by Crippen LogP contribution is -2.75. The number of aromatic hydroxyl groups is 1. The molecule has 0 aliphatic carbocycles. The van der Waals surface area contributed by atoms with Crippen LogP contribution in [0.25, 0.3) is 10.1 Å². The summed E-state index contributed by atoms with van der Waals surface area (Å²) in [6.07, 6.45) is -0.541. The fourth-order valence-corrected chi connectivity index (χ4v) is 5.96. The number of benzene rings is 2. The second kappa shape index (κ2) is 9.79. The van der Waals surface area contributed by atoms with Crippen LogP contribution >= 0.6 is 11.3 Å². The van der Waals surface area contributed by atoms with E-state index in [2.05, 4.69) is 10.7 Å². The number of nitrogens with zero attached hydrogens (tertiary/aromatic N) is 3. The highest BCUT2D eigenvalue weighted by atomic mass is 32.1. The summed E-state index contributed by atoms with van der Waals surface area (Å²) in [4.78, 5) is 48.9. The third-order valence-corrected chi connectivity index (χ3v) is 7.78. The molecule has 3 aromatic rings. The van der Waals surface area contributed by atoms with E-state index in [1.165, 1.54) is 9.96 Å². The molecule has 2 N–H and O–H groups in total. The van der Waals surface area contributed by atoms with E-state index >= 15 is 0 Å². The van der Waals surface area contributed by atoms with Crippen LogP contribution in [0.3, 0.4) is 0 Å². The molecule has 2 saturated heterocycles. The highest BCUT2D eigenvalue weighted by Crippen LogP contribution is 2.34. The average molecular weight is 509 g/mol. The number of rotatable bonds is 5. The molecular weight excluding hydrogens is 480 g/mol. The Bertz CT molecular complexity index is 1290. The molecule has 0 spiro atoms. The van der Waals surface area contributed by atoms with Gasteiger partial charge >= 0.3 is 6.03 Å². The van der Waals surface area contributed by atoms with Crippen molar-refractivity contribution in [1.29, 1.82) is 0 Å². The first-order chi connectivity index (χ1) is 17.4. The topological polar surface area (TPSA) is 102 Å². The lowest BCUT2D eigenvalue weighted by atomic mass is 9.95. The van der Waals surface area contributed by atoms with Crippen LogP contribution in [0.2, 0.25) is 0 Å². The fraction of sp³-hybridized carbons (Fsp3) is 0.346. The van der Waals surface area contributed by atoms with Gasteiger partial charge in [-0.25, -0.2) is 4.79 Å². The number of piperazine rings is 1. The van der Waals surface area contributed by atoms with Crippen molar-refractivity contribution in [1.82, 2.24) is 20.2 Å². The molecule has 0 radical (unpaired) electrons. The number of nitrogens with one attached hydrogen (secondary N) is 1. The molecule has 2 fully saturated rings. The van der Waals surface area contributed by atoms with Crippen LogP contribution in [0, 0.1) is 0 Å². The van der Waals surface area contributed by atoms with Crippen molar-refractivity contribution in [3.8, 4) is 5.75 Å². The third kappa shape index (κ3) is 4.27. The molecule has 0 unspecified atom stereocenters. The molecular formula is C26H28N4O5S. The monoisotopic (exact) mass is 508 g/mol. The van der Waals surface area contributed by atoms with E-state index in [9.17, 15) is 19.5 Å². The maximum Gasteiger partial charge on any atom is 0.343 e. The summed E-state index contributed by atoms with van der Waals surface area (Å²) < 4.78 is 1.13. The normalized spacial score (nSPS) is 22.2. The average Bonchev–Trinajstić information content (AvgIpc) is 3.28. The van der Waals surface area contributed by atoms with E-state index in [0.717, 1.165) is 21.2 Å². The summed E-state index contributed by atoms with van der Waals surface area (Å²) in [5, 5.41) is 16.8. The van der Waals surface area contributed by atoms with Gasteiger partial charge in [-0.15, -0.1) is 11.3 Å². The van der Waals surface area contributed by atoms with Gasteiger partial charge < -0.3 is 20.2 Å². The lowest BCUT2D eigenvalue weighted by molar-refractivity contribution is -0.245. The highest BCUT2D eigenvalue weighted by Gasteiger charge is 2.53. The van der Waals surface area contributed by atoms with E-state index in [4.69, 9.17) is 4.84 Å². The molecule has 2 aliphatic heterocycles. The zero-order valence-electron chi connectivity index (χ0n) is 20.1. The minimum Gasteiger partial charge on any atom is -0.508 e. The molecule has 5 rings (SSSR count). The van der Waals surface area contributed by atoms with Crippen LogP contribution in [0.4, 0.5) is 4.79 Å². The maximum atomic E-state index is 14.0. The minimum absolute atomic E-state index is 0.121. The summed E-state index contributed by atoms with van der Waals surface area (Å²) in [6.45, 7) is 4.07. The molecule has 0 bridgehead atoms. The number of carbonyl (C=O) groups is 3. The number of hydrogen-bond acceptors (Lipinski definition) is 6. The number of urea groups is 1. The van der Waals surface area contributed by atoms with Crippen molar-refractivity contribution < 1.29 is 24.3 Å². The second-order valence-electron chi connectivity index (χ2n) is 9.00. The number of hydrogen-bond donors (Lipinski definition) is 2. The molecule has 2 aromatic carbocycles. The first-order valence-electron chi connectivity index (χ1n) is 11.9. The van der Waals surface area contributed by atoms with Gasteiger partial charge in [0, 0.05) is 24.2 Å². The van der Waals surface area contributed by atoms with Crippen LogP contribution in [-0.2, 0) is 27.4 Å². The Balaban J connectivity index is 1.54. The van der Waals surface area contributed by atoms with Gasteiger partial charge in [0.2, 0.25) is 5.91 Å². The van der Waals surface area contributed by atoms with Crippen LogP contribution in [0.15, 0.2) is 53.9 Å². The van der Waals surface area contributed by atoms with E-state index in [0.29, 0.717) is 13.1 Å². The Morgan fingerprint density at radius 2 is 1.92 bits per heavy atom. The smallest absolute Gasteiger partial charge is 0.343 e. The zero-order valence-corrected chi connectivity index (χ0v) is 20.9. The maximum absolute atomic E-state index is 14.0. The molecule has 10 heteroatoms. The van der Waals surface area contributed by atoms with Crippen molar-refractivity contribution in [2.24, 2.45) is 0 Å². The summed E-state index contributed by atoms with van der Waals surface area (Å²) in [5.41, 5.74) is 1.81. The van der Waals surface area contributed by atoms with Gasteiger partial charge in [-0.05, 0) is 53.9 Å². The molecule has 3 heterocycles. The number of carbonyl (C=O) groups excluding carboxylic acids is 3. The van der Waals surface area contributed by atoms with Crippen LogP contribution in [0.1, 0.15) is 25.0 Å². The second-order valence-corrected chi connectivity index (χ2v) is 9.91. The Labute approximate surface area is 212 Å². The standard InChI is InChI=1S/C26H28N4O5S/c1-3-27-26(34)30-24-16(2)28(13-18-15-36-22-7-5-4-6-20(18)22)25(33)21(29(24)23(32)14-35-30)12-17-8-10-19(31)11-9-17/h4-11,15-16,21,24,31H,3,12-14H2,1-2H3,(H,27,34)/t16-,21-,24-/m0/s1. The van der Waals surface area contributed by atoms with Gasteiger partial charge in [0.25, 0.3) is 5.91 Å². The van der Waals surface area contributed by atoms with Crippen molar-refractivity contribution >= 4 is 39.3 Å². The third-order valence-electron chi connectivity index (χ3n) is 6.76. The Morgan fingerprint density at radius 3 is 2.67 bits per heavy atom. The Hall–Kier alpha value is -3.63. The molecule has 0 saturated carbocycles. The van der Waals surface area contributed by atoms with Gasteiger partial charge in [0.15, 0.2) is 12.8 Å². The highest BCUT2D eigenvalue weighted by molar-refractivity contribution is 7.17. The molecule has 3 atom stereocenters. The van der Waals surface area contributed by atoms with E-state index in [1.807, 2.05) is 31.2 Å². The number of fused-ring (bicyclic) bond motifs is 2. The van der Waals surface area contributed by atoms with Crippen LogP contribution in [0.5, 0.6) is 5.75 Å². The molecule has 2 aliphatic rings. The quantitative estimate of drug-likeness (QED) is 0.552. The minimum atomic E-state index is -0.825. The van der Waals surface area contributed by atoms with Gasteiger partial charge in [-0.1, -0.05) is 30.3 Å². The summed E-state index contributed by atoms with van der Waals surface area (Å²) in [7, 11) is 0. The molecule has 4 amide bonds. The molecule has 188 valence electrons. The van der Waals surface area contributed by atoms with E-state index in [-0.39, 0.29) is 30.6 Å². The van der Waals surface area contributed by atoms with Gasteiger partial charge in [0.1, 0.15) is 11.8 Å². The van der Waals surface area contributed by atoms with Crippen LogP contribution < -0.4 is 5.32 Å². The fourth-order valence-electron chi connectivity index (χ4n) is 5.00. The number of amides is 4. The van der Waals surface area contributed by atoms with Gasteiger partial charge in [-0.2, -0.15) is 5.06 Å². The summed E-state index contributed by atoms with van der Waals surface area (Å²) >= 11 is 1.62. The molecule has 36 heavy (non-hydrogen) atoms. The first-order valence-corrected chi connectivity index (χ1v) is 12.8. The number of thiophene rings is 1. The van der Waals surface area contributed by atoms with Crippen molar-refractivity contribution in [3.05, 3.63) is 65.0 Å². The Kier molecular flexibility index (Phi) is 6.55. The Morgan fingerprint density at radius 1 is 1.17 bits per heavy atom. The van der Waals surface area contributed by atoms with Crippen molar-refractivity contribution in [3.63, 3.8) is 0 Å². The molecule has 9 nitrogen and oxygen atoms in total. The molecule has 1 aromatic heterocycles. The SMILES string of the molecule is CCNC(=O)N1OCC(=O)N2[C@@H]1[C@H](C)N(Cc1csc3ccccc13)C(=O)[C@@H]2Cc1ccc(O)cc1. The van der Waals surface area contributed by atoms with E-state index < -0.39 is 24.3 Å². The van der Waals surface area contributed by atoms with Crippen molar-refractivity contribution in [2.45, 2.75) is 45.1 Å². The van der Waals surface area contributed by atoms with Gasteiger partial charge in [-0.3, -0.25) is 14.4 Å². The number of phenols is 1. The largest absolute Gasteiger partial charge is 0.508 e. The zero-order chi connectivity index (χ0) is 25.4.